The molecule has 0 fully saturated rings. The van der Waals surface area contributed by atoms with Gasteiger partial charge in [-0.05, 0) is 73.0 Å². The molecule has 1 heterocycles. The Hall–Kier alpha value is -3.71. The Labute approximate surface area is 210 Å². The number of urea groups is 1. The number of aryl methyl sites for hydroxylation is 1. The first-order valence-corrected chi connectivity index (χ1v) is 11.7. The van der Waals surface area contributed by atoms with Gasteiger partial charge in [0.25, 0.3) is 5.91 Å². The average Bonchev–Trinajstić information content (AvgIpc) is 2.87. The Balaban J connectivity index is 1.62. The van der Waals surface area contributed by atoms with Crippen molar-refractivity contribution in [1.82, 2.24) is 10.2 Å². The molecule has 0 unspecified atom stereocenters. The first kappa shape index (κ1) is 24.4. The Morgan fingerprint density at radius 3 is 2.31 bits per heavy atom. The van der Waals surface area contributed by atoms with E-state index in [9.17, 15) is 9.59 Å². The van der Waals surface area contributed by atoms with Gasteiger partial charge in [-0.3, -0.25) is 4.79 Å². The first-order chi connectivity index (χ1) is 16.9. The Morgan fingerprint density at radius 2 is 1.66 bits per heavy atom. The lowest BCUT2D eigenvalue weighted by atomic mass is 9.91. The van der Waals surface area contributed by atoms with Crippen LogP contribution in [0.3, 0.4) is 0 Å². The molecular formula is C27H28ClN3O4. The maximum absolute atomic E-state index is 13.3. The molecule has 0 aromatic heterocycles. The van der Waals surface area contributed by atoms with E-state index in [1.807, 2.05) is 43.3 Å². The van der Waals surface area contributed by atoms with Gasteiger partial charge in [0, 0.05) is 29.4 Å². The largest absolute Gasteiger partial charge is 0.493 e. The molecule has 4 rings (SSSR count). The van der Waals surface area contributed by atoms with Crippen molar-refractivity contribution < 1.29 is 19.1 Å². The number of amides is 3. The molecule has 1 atom stereocenters. The van der Waals surface area contributed by atoms with Crippen LogP contribution in [0.15, 0.2) is 60.7 Å². The number of halogens is 1. The quantitative estimate of drug-likeness (QED) is 0.493. The van der Waals surface area contributed by atoms with Crippen molar-refractivity contribution in [3.8, 4) is 11.5 Å². The van der Waals surface area contributed by atoms with Crippen molar-refractivity contribution >= 4 is 29.2 Å². The van der Waals surface area contributed by atoms with Crippen LogP contribution in [0.5, 0.6) is 11.5 Å². The number of rotatable bonds is 6. The van der Waals surface area contributed by atoms with E-state index in [1.165, 1.54) is 0 Å². The van der Waals surface area contributed by atoms with Crippen LogP contribution in [0.4, 0.5) is 10.5 Å². The van der Waals surface area contributed by atoms with E-state index in [2.05, 4.69) is 10.6 Å². The van der Waals surface area contributed by atoms with Crippen molar-refractivity contribution in [1.29, 1.82) is 0 Å². The third-order valence-electron chi connectivity index (χ3n) is 6.13. The normalized spacial score (nSPS) is 14.6. The lowest BCUT2D eigenvalue weighted by Crippen LogP contribution is -2.46. The van der Waals surface area contributed by atoms with Gasteiger partial charge in [-0.1, -0.05) is 29.3 Å². The molecule has 0 bridgehead atoms. The van der Waals surface area contributed by atoms with Crippen molar-refractivity contribution in [2.24, 2.45) is 0 Å². The fourth-order valence-corrected chi connectivity index (χ4v) is 4.34. The predicted molar refractivity (Wildman–Crippen MR) is 137 cm³/mol. The molecule has 2 N–H and O–H groups in total. The smallest absolute Gasteiger partial charge is 0.322 e. The maximum Gasteiger partial charge on any atom is 0.322 e. The third-order valence-corrected chi connectivity index (χ3v) is 6.38. The van der Waals surface area contributed by atoms with Crippen molar-refractivity contribution in [2.75, 3.05) is 32.6 Å². The second-order valence-corrected chi connectivity index (χ2v) is 8.81. The van der Waals surface area contributed by atoms with E-state index in [-0.39, 0.29) is 18.5 Å². The van der Waals surface area contributed by atoms with Crippen LogP contribution in [0.25, 0.3) is 0 Å². The number of carbonyl (C=O) groups excluding carboxylic acids is 2. The molecule has 8 heteroatoms. The number of hydrogen-bond acceptors (Lipinski definition) is 4. The number of fused-ring (bicyclic) bond motifs is 1. The van der Waals surface area contributed by atoms with Crippen LogP contribution in [0, 0.1) is 6.92 Å². The third kappa shape index (κ3) is 5.52. The summed E-state index contributed by atoms with van der Waals surface area (Å²) in [4.78, 5) is 27.9. The fraction of sp³-hybridized carbons (Fsp3) is 0.259. The summed E-state index contributed by atoms with van der Waals surface area (Å²) in [6.07, 6.45) is 0.651. The molecule has 1 aliphatic heterocycles. The van der Waals surface area contributed by atoms with E-state index in [4.69, 9.17) is 21.1 Å². The first-order valence-electron chi connectivity index (χ1n) is 11.3. The molecule has 35 heavy (non-hydrogen) atoms. The Kier molecular flexibility index (Phi) is 7.46. The lowest BCUT2D eigenvalue weighted by molar-refractivity contribution is 0.0936. The van der Waals surface area contributed by atoms with Crippen molar-refractivity contribution in [2.45, 2.75) is 19.4 Å². The summed E-state index contributed by atoms with van der Waals surface area (Å²) in [5.74, 6) is 0.960. The van der Waals surface area contributed by atoms with Crippen molar-refractivity contribution in [3.05, 3.63) is 87.9 Å². The van der Waals surface area contributed by atoms with Gasteiger partial charge in [-0.15, -0.1) is 0 Å². The van der Waals surface area contributed by atoms with Gasteiger partial charge in [0.15, 0.2) is 11.5 Å². The second kappa shape index (κ2) is 10.7. The van der Waals surface area contributed by atoms with Crippen LogP contribution < -0.4 is 20.1 Å². The van der Waals surface area contributed by atoms with Gasteiger partial charge in [0.05, 0.1) is 20.3 Å². The van der Waals surface area contributed by atoms with Crippen LogP contribution in [-0.2, 0) is 6.42 Å². The van der Waals surface area contributed by atoms with Crippen LogP contribution >= 0.6 is 11.6 Å². The number of hydrogen-bond donors (Lipinski definition) is 2. The molecule has 3 aromatic rings. The molecule has 1 aliphatic rings. The van der Waals surface area contributed by atoms with Gasteiger partial charge >= 0.3 is 6.03 Å². The predicted octanol–water partition coefficient (Wildman–Crippen LogP) is 5.23. The lowest BCUT2D eigenvalue weighted by Gasteiger charge is -2.38. The minimum Gasteiger partial charge on any atom is -0.493 e. The highest BCUT2D eigenvalue weighted by Gasteiger charge is 2.32. The number of nitrogens with one attached hydrogen (secondary N) is 2. The number of anilines is 1. The zero-order valence-corrected chi connectivity index (χ0v) is 20.7. The zero-order valence-electron chi connectivity index (χ0n) is 19.9. The molecule has 0 radical (unpaired) electrons. The minimum absolute atomic E-state index is 0.227. The highest BCUT2D eigenvalue weighted by Crippen LogP contribution is 2.38. The maximum atomic E-state index is 13.3. The molecule has 182 valence electrons. The number of carbonyl (C=O) groups is 2. The Morgan fingerprint density at radius 1 is 1.00 bits per heavy atom. The van der Waals surface area contributed by atoms with Gasteiger partial charge in [0.1, 0.15) is 0 Å². The molecule has 0 saturated heterocycles. The SMILES string of the molecule is COc1cc2c(cc1OC)[C@@H](CNC(=O)c1ccc(Cl)cc1)N(C(=O)Nc1ccc(C)cc1)CC2. The topological polar surface area (TPSA) is 79.9 Å². The number of methoxy groups -OCH3 is 2. The van der Waals surface area contributed by atoms with Crippen LogP contribution in [0.1, 0.15) is 33.1 Å². The average molecular weight is 494 g/mol. The minimum atomic E-state index is -0.403. The summed E-state index contributed by atoms with van der Waals surface area (Å²) < 4.78 is 11.0. The molecule has 7 nitrogen and oxygen atoms in total. The second-order valence-electron chi connectivity index (χ2n) is 8.38. The number of benzene rings is 3. The highest BCUT2D eigenvalue weighted by molar-refractivity contribution is 6.30. The van der Waals surface area contributed by atoms with Crippen LogP contribution in [-0.4, -0.2) is 44.1 Å². The van der Waals surface area contributed by atoms with E-state index in [1.54, 1.807) is 43.4 Å². The molecular weight excluding hydrogens is 466 g/mol. The summed E-state index contributed by atoms with van der Waals surface area (Å²) in [6, 6.07) is 17.5. The molecule has 0 spiro atoms. The molecule has 3 aromatic carbocycles. The fourth-order valence-electron chi connectivity index (χ4n) is 4.22. The summed E-state index contributed by atoms with van der Waals surface area (Å²) in [5, 5.41) is 6.51. The van der Waals surface area contributed by atoms with E-state index >= 15 is 0 Å². The summed E-state index contributed by atoms with van der Waals surface area (Å²) in [7, 11) is 3.17. The van der Waals surface area contributed by atoms with Gasteiger partial charge in [-0.25, -0.2) is 4.79 Å². The molecule has 0 aliphatic carbocycles. The molecule has 0 saturated carbocycles. The Bertz CT molecular complexity index is 1210. The van der Waals surface area contributed by atoms with E-state index in [0.29, 0.717) is 40.7 Å². The summed E-state index contributed by atoms with van der Waals surface area (Å²) in [6.45, 7) is 2.71. The highest BCUT2D eigenvalue weighted by atomic mass is 35.5. The summed E-state index contributed by atoms with van der Waals surface area (Å²) >= 11 is 5.95. The standard InChI is InChI=1S/C27H28ClN3O4/c1-17-4-10-21(11-5-17)30-27(33)31-13-12-19-14-24(34-2)25(35-3)15-22(19)23(31)16-29-26(32)18-6-8-20(28)9-7-18/h4-11,14-15,23H,12-13,16H2,1-3H3,(H,29,32)(H,30,33)/t23-/m1/s1. The summed E-state index contributed by atoms with van der Waals surface area (Å²) in [5.41, 5.74) is 4.27. The molecule has 3 amide bonds. The van der Waals surface area contributed by atoms with Crippen LogP contribution in [0.2, 0.25) is 5.02 Å². The number of ether oxygens (including phenoxy) is 2. The zero-order chi connectivity index (χ0) is 24.9. The van der Waals surface area contributed by atoms with Gasteiger partial charge in [0.2, 0.25) is 0 Å². The van der Waals surface area contributed by atoms with Gasteiger partial charge < -0.3 is 25.0 Å². The van der Waals surface area contributed by atoms with Crippen molar-refractivity contribution in [3.63, 3.8) is 0 Å². The number of nitrogens with zero attached hydrogens (tertiary/aromatic N) is 1. The monoisotopic (exact) mass is 493 g/mol. The van der Waals surface area contributed by atoms with E-state index < -0.39 is 6.04 Å². The van der Waals surface area contributed by atoms with Gasteiger partial charge in [-0.2, -0.15) is 0 Å². The van der Waals surface area contributed by atoms with E-state index in [0.717, 1.165) is 16.7 Å².